The Labute approximate surface area is 114 Å². The number of hydrogen-bond donors (Lipinski definition) is 1. The summed E-state index contributed by atoms with van der Waals surface area (Å²) < 4.78 is 55.7. The van der Waals surface area contributed by atoms with Crippen LogP contribution < -0.4 is 0 Å². The van der Waals surface area contributed by atoms with E-state index in [0.717, 1.165) is 0 Å². The van der Waals surface area contributed by atoms with Crippen LogP contribution in [0.5, 0.6) is 0 Å². The van der Waals surface area contributed by atoms with Crippen LogP contribution in [0.2, 0.25) is 0 Å². The van der Waals surface area contributed by atoms with Crippen molar-refractivity contribution in [2.75, 3.05) is 26.8 Å². The highest BCUT2D eigenvalue weighted by atomic mass is 32.2. The fraction of sp³-hybridized carbons (Fsp3) is 0.364. The van der Waals surface area contributed by atoms with Gasteiger partial charge >= 0.3 is 5.97 Å². The Kier molecular flexibility index (Phi) is 5.54. The number of benzene rings is 1. The molecular weight excluding hydrogens is 296 g/mol. The molecule has 1 aromatic carbocycles. The van der Waals surface area contributed by atoms with Crippen molar-refractivity contribution in [1.29, 1.82) is 0 Å². The van der Waals surface area contributed by atoms with Gasteiger partial charge in [0.25, 0.3) is 0 Å². The third-order valence-electron chi connectivity index (χ3n) is 2.33. The average Bonchev–Trinajstić information content (AvgIpc) is 2.32. The van der Waals surface area contributed by atoms with Crippen LogP contribution in [0.3, 0.4) is 0 Å². The number of carboxylic acids is 1. The third kappa shape index (κ3) is 4.22. The molecule has 0 saturated carbocycles. The Balaban J connectivity index is 3.17. The molecule has 6 nitrogen and oxygen atoms in total. The Hall–Kier alpha value is -1.58. The van der Waals surface area contributed by atoms with Gasteiger partial charge in [-0.15, -0.1) is 0 Å². The molecule has 0 spiro atoms. The van der Waals surface area contributed by atoms with Gasteiger partial charge < -0.3 is 9.84 Å². The van der Waals surface area contributed by atoms with E-state index >= 15 is 0 Å². The lowest BCUT2D eigenvalue weighted by Crippen LogP contribution is -2.38. The summed E-state index contributed by atoms with van der Waals surface area (Å²) in [5, 5.41) is 8.71. The Morgan fingerprint density at radius 3 is 2.30 bits per heavy atom. The van der Waals surface area contributed by atoms with Crippen molar-refractivity contribution in [3.8, 4) is 0 Å². The average molecular weight is 309 g/mol. The van der Waals surface area contributed by atoms with Crippen LogP contribution in [0.15, 0.2) is 23.1 Å². The maximum absolute atomic E-state index is 13.1. The van der Waals surface area contributed by atoms with Crippen LogP contribution in [0.4, 0.5) is 8.78 Å². The van der Waals surface area contributed by atoms with Gasteiger partial charge in [0.05, 0.1) is 11.5 Å². The van der Waals surface area contributed by atoms with Crippen molar-refractivity contribution in [3.05, 3.63) is 29.8 Å². The normalized spacial score (nSPS) is 11.8. The number of halogens is 2. The molecule has 0 aliphatic rings. The summed E-state index contributed by atoms with van der Waals surface area (Å²) in [4.78, 5) is 10.0. The summed E-state index contributed by atoms with van der Waals surface area (Å²) in [6.07, 6.45) is 0. The number of carbonyl (C=O) groups is 1. The molecule has 20 heavy (non-hydrogen) atoms. The number of methoxy groups -OCH3 is 1. The first-order chi connectivity index (χ1) is 9.27. The van der Waals surface area contributed by atoms with Gasteiger partial charge in [0, 0.05) is 19.7 Å². The highest BCUT2D eigenvalue weighted by Gasteiger charge is 2.27. The van der Waals surface area contributed by atoms with Gasteiger partial charge in [0.1, 0.15) is 18.2 Å². The monoisotopic (exact) mass is 309 g/mol. The van der Waals surface area contributed by atoms with E-state index in [0.29, 0.717) is 22.5 Å². The molecule has 0 fully saturated rings. The second kappa shape index (κ2) is 6.73. The van der Waals surface area contributed by atoms with Gasteiger partial charge in [0.2, 0.25) is 10.0 Å². The molecule has 0 atom stereocenters. The second-order valence-electron chi connectivity index (χ2n) is 3.83. The number of nitrogens with zero attached hydrogens (tertiary/aromatic N) is 1. The molecule has 0 unspecified atom stereocenters. The standard InChI is InChI=1S/C11H13F2NO5S/c1-19-3-2-14(7-11(15)16)20(17,18)10-5-8(12)4-9(13)6-10/h4-6H,2-3,7H2,1H3,(H,15,16). The zero-order valence-corrected chi connectivity index (χ0v) is 11.4. The van der Waals surface area contributed by atoms with E-state index in [4.69, 9.17) is 5.11 Å². The lowest BCUT2D eigenvalue weighted by molar-refractivity contribution is -0.137. The van der Waals surface area contributed by atoms with Gasteiger partial charge in [-0.1, -0.05) is 0 Å². The molecule has 0 aliphatic carbocycles. The highest BCUT2D eigenvalue weighted by molar-refractivity contribution is 7.89. The molecule has 1 aromatic rings. The third-order valence-corrected chi connectivity index (χ3v) is 4.15. The van der Waals surface area contributed by atoms with E-state index in [9.17, 15) is 22.0 Å². The first-order valence-corrected chi connectivity index (χ1v) is 6.88. The SMILES string of the molecule is COCCN(CC(=O)O)S(=O)(=O)c1cc(F)cc(F)c1. The minimum Gasteiger partial charge on any atom is -0.480 e. The number of carboxylic acid groups (broad SMARTS) is 1. The Bertz CT molecular complexity index is 570. The molecule has 0 heterocycles. The molecule has 0 aliphatic heterocycles. The van der Waals surface area contributed by atoms with Crippen molar-refractivity contribution in [1.82, 2.24) is 4.31 Å². The fourth-order valence-corrected chi connectivity index (χ4v) is 2.87. The Morgan fingerprint density at radius 1 is 1.30 bits per heavy atom. The molecule has 112 valence electrons. The maximum atomic E-state index is 13.1. The van der Waals surface area contributed by atoms with Crippen LogP contribution in [-0.4, -0.2) is 50.6 Å². The van der Waals surface area contributed by atoms with Crippen molar-refractivity contribution in [2.24, 2.45) is 0 Å². The number of aliphatic carboxylic acids is 1. The zero-order chi connectivity index (χ0) is 15.3. The predicted octanol–water partition coefficient (Wildman–Crippen LogP) is 0.686. The lowest BCUT2D eigenvalue weighted by atomic mass is 10.3. The van der Waals surface area contributed by atoms with E-state index in [1.807, 2.05) is 0 Å². The number of ether oxygens (including phenoxy) is 1. The zero-order valence-electron chi connectivity index (χ0n) is 10.5. The highest BCUT2D eigenvalue weighted by Crippen LogP contribution is 2.18. The fourth-order valence-electron chi connectivity index (χ4n) is 1.45. The maximum Gasteiger partial charge on any atom is 0.318 e. The molecule has 9 heteroatoms. The van der Waals surface area contributed by atoms with Crippen LogP contribution in [0, 0.1) is 11.6 Å². The molecule has 1 N–H and O–H groups in total. The van der Waals surface area contributed by atoms with Gasteiger partial charge in [-0.3, -0.25) is 4.79 Å². The van der Waals surface area contributed by atoms with E-state index in [1.54, 1.807) is 0 Å². The van der Waals surface area contributed by atoms with Crippen molar-refractivity contribution in [2.45, 2.75) is 4.90 Å². The largest absolute Gasteiger partial charge is 0.480 e. The molecule has 1 rings (SSSR count). The van der Waals surface area contributed by atoms with Crippen LogP contribution in [-0.2, 0) is 19.6 Å². The summed E-state index contributed by atoms with van der Waals surface area (Å²) in [6.45, 7) is -1.13. The van der Waals surface area contributed by atoms with Crippen molar-refractivity contribution in [3.63, 3.8) is 0 Å². The summed E-state index contributed by atoms with van der Waals surface area (Å²) in [5.74, 6) is -3.52. The van der Waals surface area contributed by atoms with Gasteiger partial charge in [0.15, 0.2) is 0 Å². The van der Waals surface area contributed by atoms with Crippen molar-refractivity contribution >= 4 is 16.0 Å². The minimum atomic E-state index is -4.32. The van der Waals surface area contributed by atoms with Crippen molar-refractivity contribution < 1.29 is 31.8 Å². The molecule has 0 saturated heterocycles. The molecule has 0 aromatic heterocycles. The topological polar surface area (TPSA) is 83.9 Å². The predicted molar refractivity (Wildman–Crippen MR) is 64.6 cm³/mol. The summed E-state index contributed by atoms with van der Waals surface area (Å²) >= 11 is 0. The summed E-state index contributed by atoms with van der Waals surface area (Å²) in [6, 6.07) is 1.77. The second-order valence-corrected chi connectivity index (χ2v) is 5.77. The van der Waals surface area contributed by atoms with Gasteiger partial charge in [-0.05, 0) is 12.1 Å². The number of sulfonamides is 1. The van der Waals surface area contributed by atoms with Crippen LogP contribution in [0.1, 0.15) is 0 Å². The van der Waals surface area contributed by atoms with Gasteiger partial charge in [-0.25, -0.2) is 17.2 Å². The first-order valence-electron chi connectivity index (χ1n) is 5.44. The quantitative estimate of drug-likeness (QED) is 0.801. The Morgan fingerprint density at radius 2 is 1.85 bits per heavy atom. The summed E-state index contributed by atoms with van der Waals surface area (Å²) in [5.41, 5.74) is 0. The summed E-state index contributed by atoms with van der Waals surface area (Å²) in [7, 11) is -3.01. The van der Waals surface area contributed by atoms with E-state index in [2.05, 4.69) is 4.74 Å². The number of hydrogen-bond acceptors (Lipinski definition) is 4. The number of rotatable bonds is 7. The van der Waals surface area contributed by atoms with E-state index in [1.165, 1.54) is 7.11 Å². The molecule has 0 radical (unpaired) electrons. The minimum absolute atomic E-state index is 0.0513. The lowest BCUT2D eigenvalue weighted by Gasteiger charge is -2.20. The molecule has 0 bridgehead atoms. The van der Waals surface area contributed by atoms with E-state index in [-0.39, 0.29) is 13.2 Å². The van der Waals surface area contributed by atoms with Crippen LogP contribution >= 0.6 is 0 Å². The van der Waals surface area contributed by atoms with Gasteiger partial charge in [-0.2, -0.15) is 4.31 Å². The molecule has 0 amide bonds. The molecular formula is C11H13F2NO5S. The first kappa shape index (κ1) is 16.5. The van der Waals surface area contributed by atoms with E-state index < -0.39 is 39.1 Å². The van der Waals surface area contributed by atoms with Crippen LogP contribution in [0.25, 0.3) is 0 Å². The smallest absolute Gasteiger partial charge is 0.318 e.